The van der Waals surface area contributed by atoms with Gasteiger partial charge in [-0.1, -0.05) is 17.7 Å². The fourth-order valence-corrected chi connectivity index (χ4v) is 4.22. The molecule has 2 aliphatic heterocycles. The Morgan fingerprint density at radius 1 is 0.867 bits per heavy atom. The topological polar surface area (TPSA) is 65.4 Å². The normalized spacial score (nSPS) is 18.8. The number of aryl methyl sites for hydroxylation is 1. The van der Waals surface area contributed by atoms with E-state index in [1.807, 2.05) is 10.9 Å². The lowest BCUT2D eigenvalue weighted by Crippen LogP contribution is -2.47. The molecule has 0 unspecified atom stereocenters. The second kappa shape index (κ2) is 8.20. The Bertz CT molecular complexity index is 998. The molecule has 158 valence electrons. The molecule has 1 N–H and O–H groups in total. The van der Waals surface area contributed by atoms with Gasteiger partial charge < -0.3 is 9.80 Å². The summed E-state index contributed by atoms with van der Waals surface area (Å²) in [5.74, 6) is 1.65. The number of piperidine rings is 1. The van der Waals surface area contributed by atoms with Crippen molar-refractivity contribution in [1.29, 1.82) is 0 Å². The first-order chi connectivity index (χ1) is 14.7. The number of rotatable bonds is 4. The molecule has 0 saturated carbocycles. The minimum absolute atomic E-state index is 0.654. The Labute approximate surface area is 177 Å². The zero-order valence-electron chi connectivity index (χ0n) is 17.9. The first-order valence-electron chi connectivity index (χ1n) is 11.0. The van der Waals surface area contributed by atoms with Gasteiger partial charge in [0, 0.05) is 39.3 Å². The smallest absolute Gasteiger partial charge is 0.241 e. The van der Waals surface area contributed by atoms with E-state index >= 15 is 0 Å². The van der Waals surface area contributed by atoms with Crippen LogP contribution < -0.4 is 10.3 Å². The lowest BCUT2D eigenvalue weighted by atomic mass is 10.1. The molecular formula is C22H30N8. The van der Waals surface area contributed by atoms with Crippen LogP contribution in [0, 0.1) is 6.92 Å². The number of aromatic nitrogens is 4. The first-order valence-corrected chi connectivity index (χ1v) is 11.0. The van der Waals surface area contributed by atoms with Gasteiger partial charge in [0.25, 0.3) is 0 Å². The molecule has 0 bridgehead atoms. The van der Waals surface area contributed by atoms with E-state index in [0.717, 1.165) is 61.8 Å². The maximum atomic E-state index is 4.95. The fourth-order valence-electron chi connectivity index (χ4n) is 4.22. The number of fused-ring (bicyclic) bond motifs is 1. The number of nitrogens with one attached hydrogen (secondary N) is 1. The van der Waals surface area contributed by atoms with E-state index < -0.39 is 0 Å². The van der Waals surface area contributed by atoms with Crippen LogP contribution in [0.15, 0.2) is 30.5 Å². The monoisotopic (exact) mass is 406 g/mol. The third kappa shape index (κ3) is 3.85. The summed E-state index contributed by atoms with van der Waals surface area (Å²) in [4.78, 5) is 14.6. The molecule has 4 heterocycles. The fraction of sp³-hybridized carbons (Fsp3) is 0.500. The highest BCUT2D eigenvalue weighted by Crippen LogP contribution is 2.29. The standard InChI is InChI=1S/C22H30N8/c1-17-6-8-18(9-7-17)30-21-19(16-23-30)20(28-10-4-3-5-11-28)24-22(25-21)26-29-14-12-27(2)13-15-29/h6-9,16H,3-5,10-15H2,1-2H3,(H,24,25,26). The van der Waals surface area contributed by atoms with Crippen LogP contribution in [0.5, 0.6) is 0 Å². The third-order valence-electron chi connectivity index (χ3n) is 6.10. The molecule has 8 heteroatoms. The lowest BCUT2D eigenvalue weighted by molar-refractivity contribution is 0.178. The van der Waals surface area contributed by atoms with Crippen molar-refractivity contribution in [3.8, 4) is 5.69 Å². The molecule has 8 nitrogen and oxygen atoms in total. The summed E-state index contributed by atoms with van der Waals surface area (Å²) < 4.78 is 1.93. The van der Waals surface area contributed by atoms with Crippen molar-refractivity contribution in [2.24, 2.45) is 0 Å². The van der Waals surface area contributed by atoms with Crippen molar-refractivity contribution in [2.75, 3.05) is 56.6 Å². The third-order valence-corrected chi connectivity index (χ3v) is 6.10. The zero-order chi connectivity index (χ0) is 20.5. The Morgan fingerprint density at radius 2 is 1.60 bits per heavy atom. The van der Waals surface area contributed by atoms with Gasteiger partial charge in [0.2, 0.25) is 5.95 Å². The zero-order valence-corrected chi connectivity index (χ0v) is 17.9. The molecule has 2 aliphatic rings. The SMILES string of the molecule is Cc1ccc(-n2ncc3c(N4CCCCC4)nc(NN4CCN(C)CC4)nc32)cc1. The van der Waals surface area contributed by atoms with E-state index in [1.165, 1.54) is 24.8 Å². The van der Waals surface area contributed by atoms with Crippen molar-refractivity contribution in [1.82, 2.24) is 29.7 Å². The van der Waals surface area contributed by atoms with E-state index in [4.69, 9.17) is 9.97 Å². The van der Waals surface area contributed by atoms with Crippen LogP contribution in [-0.2, 0) is 0 Å². The minimum atomic E-state index is 0.654. The van der Waals surface area contributed by atoms with Gasteiger partial charge in [0.1, 0.15) is 5.82 Å². The van der Waals surface area contributed by atoms with Crippen molar-refractivity contribution >= 4 is 22.8 Å². The van der Waals surface area contributed by atoms with Gasteiger partial charge in [-0.05, 0) is 45.4 Å². The predicted octanol–water partition coefficient (Wildman–Crippen LogP) is 2.69. The van der Waals surface area contributed by atoms with Crippen LogP contribution in [0.4, 0.5) is 11.8 Å². The van der Waals surface area contributed by atoms with E-state index in [1.54, 1.807) is 0 Å². The average molecular weight is 407 g/mol. The molecule has 0 aliphatic carbocycles. The summed E-state index contributed by atoms with van der Waals surface area (Å²) in [6.45, 7) is 8.15. The van der Waals surface area contributed by atoms with Gasteiger partial charge >= 0.3 is 0 Å². The van der Waals surface area contributed by atoms with Crippen molar-refractivity contribution in [3.63, 3.8) is 0 Å². The summed E-state index contributed by atoms with van der Waals surface area (Å²) in [5.41, 5.74) is 6.57. The number of benzene rings is 1. The highest BCUT2D eigenvalue weighted by molar-refractivity contribution is 5.89. The van der Waals surface area contributed by atoms with E-state index in [0.29, 0.717) is 5.95 Å². The van der Waals surface area contributed by atoms with Crippen molar-refractivity contribution < 1.29 is 0 Å². The number of nitrogens with zero attached hydrogens (tertiary/aromatic N) is 7. The Morgan fingerprint density at radius 3 is 2.33 bits per heavy atom. The highest BCUT2D eigenvalue weighted by atomic mass is 15.6. The van der Waals surface area contributed by atoms with E-state index in [2.05, 4.69) is 63.6 Å². The average Bonchev–Trinajstić information content (AvgIpc) is 3.20. The molecular weight excluding hydrogens is 376 g/mol. The molecule has 30 heavy (non-hydrogen) atoms. The maximum absolute atomic E-state index is 4.95. The van der Waals surface area contributed by atoms with E-state index in [-0.39, 0.29) is 0 Å². The summed E-state index contributed by atoms with van der Waals surface area (Å²) in [6.07, 6.45) is 5.62. The van der Waals surface area contributed by atoms with Crippen LogP contribution in [0.25, 0.3) is 16.7 Å². The van der Waals surface area contributed by atoms with E-state index in [9.17, 15) is 0 Å². The van der Waals surface area contributed by atoms with Crippen LogP contribution in [0.2, 0.25) is 0 Å². The predicted molar refractivity (Wildman–Crippen MR) is 120 cm³/mol. The van der Waals surface area contributed by atoms with Crippen LogP contribution >= 0.6 is 0 Å². The number of hydrogen-bond donors (Lipinski definition) is 1. The van der Waals surface area contributed by atoms with Gasteiger partial charge in [0.15, 0.2) is 5.65 Å². The maximum Gasteiger partial charge on any atom is 0.241 e. The minimum Gasteiger partial charge on any atom is -0.356 e. The molecule has 3 aromatic rings. The second-order valence-corrected chi connectivity index (χ2v) is 8.45. The quantitative estimate of drug-likeness (QED) is 0.715. The van der Waals surface area contributed by atoms with Crippen LogP contribution in [0.3, 0.4) is 0 Å². The number of anilines is 2. The van der Waals surface area contributed by atoms with Gasteiger partial charge in [-0.25, -0.2) is 9.69 Å². The van der Waals surface area contributed by atoms with Crippen molar-refractivity contribution in [2.45, 2.75) is 26.2 Å². The van der Waals surface area contributed by atoms with Gasteiger partial charge in [-0.15, -0.1) is 0 Å². The summed E-state index contributed by atoms with van der Waals surface area (Å²) in [6, 6.07) is 8.41. The summed E-state index contributed by atoms with van der Waals surface area (Å²) >= 11 is 0. The number of hydrogen-bond acceptors (Lipinski definition) is 7. The molecule has 0 atom stereocenters. The Balaban J connectivity index is 1.55. The molecule has 0 amide bonds. The van der Waals surface area contributed by atoms with Crippen molar-refractivity contribution in [3.05, 3.63) is 36.0 Å². The number of hydrazine groups is 1. The number of piperazine rings is 1. The second-order valence-electron chi connectivity index (χ2n) is 8.45. The molecule has 2 fully saturated rings. The van der Waals surface area contributed by atoms with Gasteiger partial charge in [-0.2, -0.15) is 15.1 Å². The molecule has 2 aromatic heterocycles. The van der Waals surface area contributed by atoms with Gasteiger partial charge in [0.05, 0.1) is 17.3 Å². The van der Waals surface area contributed by atoms with Crippen LogP contribution in [-0.4, -0.2) is 76.0 Å². The molecule has 0 radical (unpaired) electrons. The van der Waals surface area contributed by atoms with Gasteiger partial charge in [-0.3, -0.25) is 5.43 Å². The largest absolute Gasteiger partial charge is 0.356 e. The molecule has 0 spiro atoms. The van der Waals surface area contributed by atoms with Crippen LogP contribution in [0.1, 0.15) is 24.8 Å². The molecule has 5 rings (SSSR count). The summed E-state index contributed by atoms with van der Waals surface area (Å²) in [5, 5.41) is 7.92. The Hall–Kier alpha value is -2.71. The first kappa shape index (κ1) is 19.3. The molecule has 1 aromatic carbocycles. The molecule has 2 saturated heterocycles. The Kier molecular flexibility index (Phi) is 5.26. The summed E-state index contributed by atoms with van der Waals surface area (Å²) in [7, 11) is 2.16. The lowest BCUT2D eigenvalue weighted by Gasteiger charge is -2.33. The highest BCUT2D eigenvalue weighted by Gasteiger charge is 2.22. The number of likely N-dealkylation sites (N-methyl/N-ethyl adjacent to an activating group) is 1.